The highest BCUT2D eigenvalue weighted by atomic mass is 16.5. The Labute approximate surface area is 119 Å². The monoisotopic (exact) mass is 283 g/mol. The first-order chi connectivity index (χ1) is 10.4. The molecule has 3 atom stereocenters. The number of hydrogen-bond donors (Lipinski definition) is 0. The van der Waals surface area contributed by atoms with Crippen molar-refractivity contribution in [3.05, 3.63) is 30.6 Å². The second kappa shape index (κ2) is 4.08. The van der Waals surface area contributed by atoms with Crippen LogP contribution in [-0.4, -0.2) is 46.8 Å². The summed E-state index contributed by atoms with van der Waals surface area (Å²) >= 11 is 0. The molecule has 0 radical (unpaired) electrons. The maximum atomic E-state index is 5.93. The lowest BCUT2D eigenvalue weighted by atomic mass is 9.88. The maximum absolute atomic E-state index is 5.93. The minimum Gasteiger partial charge on any atom is -0.374 e. The first-order valence-corrected chi connectivity index (χ1v) is 7.11. The predicted octanol–water partition coefficient (Wildman–Crippen LogP) is 0.740. The summed E-state index contributed by atoms with van der Waals surface area (Å²) in [6, 6.07) is 3.76. The molecule has 2 bridgehead atoms. The van der Waals surface area contributed by atoms with Gasteiger partial charge in [-0.25, -0.2) is 4.98 Å². The number of nitrogens with zero attached hydrogens (tertiary/aromatic N) is 7. The lowest BCUT2D eigenvalue weighted by Crippen LogP contribution is -2.19. The second-order valence-electron chi connectivity index (χ2n) is 5.57. The highest BCUT2D eigenvalue weighted by Crippen LogP contribution is 2.43. The summed E-state index contributed by atoms with van der Waals surface area (Å²) in [4.78, 5) is 4.45. The van der Waals surface area contributed by atoms with Gasteiger partial charge in [0.15, 0.2) is 11.5 Å². The van der Waals surface area contributed by atoms with Gasteiger partial charge in [0.25, 0.3) is 0 Å². The van der Waals surface area contributed by atoms with Gasteiger partial charge in [0.2, 0.25) is 0 Å². The molecule has 2 saturated heterocycles. The fraction of sp³-hybridized carbons (Fsp3) is 0.462. The van der Waals surface area contributed by atoms with Crippen LogP contribution in [0, 0.1) is 0 Å². The van der Waals surface area contributed by atoms with Crippen LogP contribution in [0.25, 0.3) is 11.5 Å². The number of rotatable bonds is 2. The lowest BCUT2D eigenvalue weighted by Gasteiger charge is -2.18. The fourth-order valence-electron chi connectivity index (χ4n) is 3.42. The molecule has 2 aliphatic rings. The van der Waals surface area contributed by atoms with Crippen LogP contribution < -0.4 is 0 Å². The van der Waals surface area contributed by atoms with Crippen molar-refractivity contribution in [1.82, 2.24) is 34.6 Å². The number of fused-ring (bicyclic) bond motifs is 3. The summed E-state index contributed by atoms with van der Waals surface area (Å²) in [6.07, 6.45) is 7.13. The van der Waals surface area contributed by atoms with Crippen LogP contribution in [0.1, 0.15) is 31.0 Å². The molecule has 0 aromatic carbocycles. The molecule has 0 spiro atoms. The van der Waals surface area contributed by atoms with Crippen LogP contribution in [0.5, 0.6) is 0 Å². The van der Waals surface area contributed by atoms with E-state index in [2.05, 4.69) is 25.4 Å². The van der Waals surface area contributed by atoms with Gasteiger partial charge in [0.1, 0.15) is 18.5 Å². The van der Waals surface area contributed by atoms with Gasteiger partial charge in [0.05, 0.1) is 12.2 Å². The Morgan fingerprint density at radius 2 is 2.24 bits per heavy atom. The van der Waals surface area contributed by atoms with Gasteiger partial charge in [-0.3, -0.25) is 0 Å². The van der Waals surface area contributed by atoms with E-state index in [1.54, 1.807) is 21.9 Å². The van der Waals surface area contributed by atoms with Gasteiger partial charge < -0.3 is 4.74 Å². The number of hydrogen-bond acceptors (Lipinski definition) is 6. The molecule has 0 saturated carbocycles. The molecule has 5 heterocycles. The molecule has 5 rings (SSSR count). The largest absolute Gasteiger partial charge is 0.374 e. The van der Waals surface area contributed by atoms with E-state index in [1.807, 2.05) is 12.1 Å². The molecule has 106 valence electrons. The second-order valence-corrected chi connectivity index (χ2v) is 5.57. The van der Waals surface area contributed by atoms with Crippen LogP contribution in [0.4, 0.5) is 0 Å². The summed E-state index contributed by atoms with van der Waals surface area (Å²) in [7, 11) is 0. The van der Waals surface area contributed by atoms with E-state index >= 15 is 0 Å². The van der Waals surface area contributed by atoms with Gasteiger partial charge in [-0.2, -0.15) is 14.3 Å². The van der Waals surface area contributed by atoms with E-state index in [4.69, 9.17) is 4.74 Å². The Morgan fingerprint density at radius 1 is 1.24 bits per heavy atom. The van der Waals surface area contributed by atoms with Gasteiger partial charge >= 0.3 is 0 Å². The van der Waals surface area contributed by atoms with Gasteiger partial charge in [-0.15, -0.1) is 15.3 Å². The molecular formula is C13H13N7O. The third kappa shape index (κ3) is 1.62. The molecule has 0 unspecified atom stereocenters. The zero-order chi connectivity index (χ0) is 13.8. The smallest absolute Gasteiger partial charge is 0.177 e. The van der Waals surface area contributed by atoms with Crippen molar-refractivity contribution >= 4 is 5.65 Å². The van der Waals surface area contributed by atoms with Gasteiger partial charge in [-0.1, -0.05) is 0 Å². The van der Waals surface area contributed by atoms with E-state index in [-0.39, 0.29) is 6.10 Å². The minimum atomic E-state index is 0.275. The highest BCUT2D eigenvalue weighted by Gasteiger charge is 2.43. The van der Waals surface area contributed by atoms with Crippen LogP contribution in [0.15, 0.2) is 24.8 Å². The average molecular weight is 283 g/mol. The zero-order valence-corrected chi connectivity index (χ0v) is 11.2. The van der Waals surface area contributed by atoms with Crippen molar-refractivity contribution in [2.45, 2.75) is 37.4 Å². The van der Waals surface area contributed by atoms with Gasteiger partial charge in [-0.05, 0) is 31.4 Å². The molecule has 2 fully saturated rings. The summed E-state index contributed by atoms with van der Waals surface area (Å²) < 4.78 is 9.37. The Bertz CT molecular complexity index is 810. The summed E-state index contributed by atoms with van der Waals surface area (Å²) in [6.45, 7) is 0. The molecule has 21 heavy (non-hydrogen) atoms. The van der Waals surface area contributed by atoms with Crippen molar-refractivity contribution in [2.24, 2.45) is 0 Å². The SMILES string of the molecule is c1nc([C@H]2C[C@@H]3CC[C@H]2O3)n(-c2ccc3nncn3n2)n1. The molecular weight excluding hydrogens is 270 g/mol. The third-order valence-electron chi connectivity index (χ3n) is 4.38. The summed E-state index contributed by atoms with van der Waals surface area (Å²) in [5.41, 5.74) is 0.712. The normalized spacial score (nSPS) is 27.7. The molecule has 8 heteroatoms. The van der Waals surface area contributed by atoms with E-state index in [0.717, 1.165) is 24.5 Å². The molecule has 0 amide bonds. The average Bonchev–Trinajstić information content (AvgIpc) is 3.27. The quantitative estimate of drug-likeness (QED) is 0.690. The van der Waals surface area contributed by atoms with E-state index in [9.17, 15) is 0 Å². The van der Waals surface area contributed by atoms with Crippen molar-refractivity contribution < 1.29 is 4.74 Å². The van der Waals surface area contributed by atoms with Crippen LogP contribution in [0.3, 0.4) is 0 Å². The Morgan fingerprint density at radius 3 is 3.10 bits per heavy atom. The molecule has 3 aromatic heterocycles. The minimum absolute atomic E-state index is 0.275. The van der Waals surface area contributed by atoms with E-state index in [0.29, 0.717) is 17.7 Å². The lowest BCUT2D eigenvalue weighted by molar-refractivity contribution is 0.0997. The van der Waals surface area contributed by atoms with Crippen LogP contribution in [-0.2, 0) is 4.74 Å². The number of ether oxygens (including phenoxy) is 1. The summed E-state index contributed by atoms with van der Waals surface area (Å²) in [5, 5.41) is 16.6. The Kier molecular flexibility index (Phi) is 2.20. The molecule has 0 aliphatic carbocycles. The zero-order valence-electron chi connectivity index (χ0n) is 11.2. The maximum Gasteiger partial charge on any atom is 0.177 e. The fourth-order valence-corrected chi connectivity index (χ4v) is 3.42. The first kappa shape index (κ1) is 11.3. The van der Waals surface area contributed by atoms with E-state index in [1.165, 1.54) is 6.42 Å². The Balaban J connectivity index is 1.59. The third-order valence-corrected chi connectivity index (χ3v) is 4.38. The van der Waals surface area contributed by atoms with Crippen LogP contribution >= 0.6 is 0 Å². The molecule has 0 N–H and O–H groups in total. The van der Waals surface area contributed by atoms with Gasteiger partial charge in [0, 0.05) is 5.92 Å². The standard InChI is InChI=1S/C13H13N7O/c1-2-10-9(5-8(1)21-10)13-14-6-16-20(13)12-4-3-11-17-15-7-19(11)18-12/h3-4,6-10H,1-2,5H2/t8-,9-,10+/m0/s1. The predicted molar refractivity (Wildman–Crippen MR) is 71.0 cm³/mol. The topological polar surface area (TPSA) is 83.0 Å². The molecule has 3 aromatic rings. The summed E-state index contributed by atoms with van der Waals surface area (Å²) in [5.74, 6) is 1.96. The molecule has 2 aliphatic heterocycles. The Hall–Kier alpha value is -2.35. The van der Waals surface area contributed by atoms with Crippen molar-refractivity contribution in [3.63, 3.8) is 0 Å². The van der Waals surface area contributed by atoms with Crippen molar-refractivity contribution in [1.29, 1.82) is 0 Å². The van der Waals surface area contributed by atoms with Crippen molar-refractivity contribution in [3.8, 4) is 5.82 Å². The van der Waals surface area contributed by atoms with Crippen LogP contribution in [0.2, 0.25) is 0 Å². The first-order valence-electron chi connectivity index (χ1n) is 7.11. The highest BCUT2D eigenvalue weighted by molar-refractivity contribution is 5.38. The van der Waals surface area contributed by atoms with E-state index < -0.39 is 0 Å². The number of aromatic nitrogens is 7. The van der Waals surface area contributed by atoms with Crippen molar-refractivity contribution in [2.75, 3.05) is 0 Å². The molecule has 8 nitrogen and oxygen atoms in total.